The summed E-state index contributed by atoms with van der Waals surface area (Å²) in [5.41, 5.74) is 11.6. The van der Waals surface area contributed by atoms with E-state index in [1.54, 1.807) is 0 Å². The van der Waals surface area contributed by atoms with Gasteiger partial charge in [0, 0.05) is 16.2 Å². The average molecular weight is 276 g/mol. The number of rotatable bonds is 2. The lowest BCUT2D eigenvalue weighted by Gasteiger charge is -2.31. The summed E-state index contributed by atoms with van der Waals surface area (Å²) in [6, 6.07) is 0. The van der Waals surface area contributed by atoms with Crippen LogP contribution in [0.3, 0.4) is 0 Å². The van der Waals surface area contributed by atoms with Crippen molar-refractivity contribution in [2.24, 2.45) is 0 Å². The van der Waals surface area contributed by atoms with E-state index in [4.69, 9.17) is 10.7 Å². The molecule has 0 saturated heterocycles. The molecule has 2 aromatic rings. The summed E-state index contributed by atoms with van der Waals surface area (Å²) < 4.78 is 0.268. The molecule has 0 fully saturated rings. The van der Waals surface area contributed by atoms with E-state index >= 15 is 0 Å². The van der Waals surface area contributed by atoms with Crippen molar-refractivity contribution in [1.82, 2.24) is 15.0 Å². The summed E-state index contributed by atoms with van der Waals surface area (Å²) in [5.74, 6) is 1.51. The molecule has 0 saturated carbocycles. The van der Waals surface area contributed by atoms with Gasteiger partial charge in [-0.3, -0.25) is 0 Å². The van der Waals surface area contributed by atoms with Gasteiger partial charge in [-0.15, -0.1) is 0 Å². The van der Waals surface area contributed by atoms with Crippen LogP contribution in [0.25, 0.3) is 11.2 Å². The molecule has 0 radical (unpaired) electrons. The zero-order chi connectivity index (χ0) is 13.6. The summed E-state index contributed by atoms with van der Waals surface area (Å²) in [6.07, 6.45) is 3.18. The van der Waals surface area contributed by atoms with Gasteiger partial charge in [-0.05, 0) is 24.0 Å². The number of nitrogens with one attached hydrogen (secondary N) is 1. The fourth-order valence-electron chi connectivity index (χ4n) is 2.75. The Bertz CT molecular complexity index is 630. The summed E-state index contributed by atoms with van der Waals surface area (Å²) in [7, 11) is 0. The van der Waals surface area contributed by atoms with Crippen molar-refractivity contribution in [3.8, 4) is 0 Å². The molecule has 0 aliphatic carbocycles. The van der Waals surface area contributed by atoms with E-state index in [1.165, 1.54) is 16.8 Å². The zero-order valence-corrected chi connectivity index (χ0v) is 12.5. The minimum atomic E-state index is 0.268. The van der Waals surface area contributed by atoms with Gasteiger partial charge in [-0.1, -0.05) is 27.2 Å². The first-order valence-electron chi connectivity index (χ1n) is 6.80. The Morgan fingerprint density at radius 1 is 1.32 bits per heavy atom. The Labute approximate surface area is 117 Å². The van der Waals surface area contributed by atoms with E-state index < -0.39 is 0 Å². The number of hydrogen-bond acceptors (Lipinski definition) is 4. The second kappa shape index (κ2) is 4.40. The first-order chi connectivity index (χ1) is 9.00. The molecular weight excluding hydrogens is 256 g/mol. The number of nitrogens with two attached hydrogens (primary N) is 1. The second-order valence-corrected chi connectivity index (χ2v) is 7.49. The van der Waals surface area contributed by atoms with Crippen LogP contribution in [0.1, 0.15) is 44.0 Å². The number of aromatic nitrogens is 3. The normalized spacial score (nSPS) is 17.6. The fraction of sp³-hybridized carbons (Fsp3) is 0.571. The van der Waals surface area contributed by atoms with Crippen molar-refractivity contribution in [2.75, 3.05) is 5.73 Å². The number of imidazole rings is 1. The van der Waals surface area contributed by atoms with E-state index in [0.717, 1.165) is 36.2 Å². The van der Waals surface area contributed by atoms with Gasteiger partial charge in [-0.2, -0.15) is 16.7 Å². The summed E-state index contributed by atoms with van der Waals surface area (Å²) in [5, 5.41) is 0. The molecule has 3 N–H and O–H groups in total. The summed E-state index contributed by atoms with van der Waals surface area (Å²) in [6.45, 7) is 6.79. The maximum absolute atomic E-state index is 5.80. The van der Waals surface area contributed by atoms with Gasteiger partial charge >= 0.3 is 0 Å². The van der Waals surface area contributed by atoms with Gasteiger partial charge in [-0.25, -0.2) is 4.98 Å². The monoisotopic (exact) mass is 276 g/mol. The molecule has 2 aromatic heterocycles. The average Bonchev–Trinajstić information content (AvgIpc) is 2.69. The lowest BCUT2D eigenvalue weighted by atomic mass is 9.94. The smallest absolute Gasteiger partial charge is 0.200 e. The third-order valence-electron chi connectivity index (χ3n) is 3.65. The summed E-state index contributed by atoms with van der Waals surface area (Å²) >= 11 is 2.01. The van der Waals surface area contributed by atoms with Crippen LogP contribution in [0, 0.1) is 0 Å². The molecule has 0 atom stereocenters. The van der Waals surface area contributed by atoms with Crippen LogP contribution < -0.4 is 5.73 Å². The minimum absolute atomic E-state index is 0.268. The zero-order valence-electron chi connectivity index (χ0n) is 11.7. The van der Waals surface area contributed by atoms with Crippen molar-refractivity contribution < 1.29 is 0 Å². The van der Waals surface area contributed by atoms with E-state index in [1.807, 2.05) is 11.8 Å². The highest BCUT2D eigenvalue weighted by Gasteiger charge is 2.30. The first kappa shape index (κ1) is 12.8. The topological polar surface area (TPSA) is 67.6 Å². The number of nitrogen functional groups attached to an aromatic ring is 1. The number of hydrogen-bond donors (Lipinski definition) is 2. The molecule has 0 bridgehead atoms. The van der Waals surface area contributed by atoms with Gasteiger partial charge in [0.1, 0.15) is 0 Å². The number of pyridine rings is 1. The number of H-pyrrole nitrogens is 1. The largest absolute Gasteiger partial charge is 0.369 e. The highest BCUT2D eigenvalue weighted by atomic mass is 32.2. The van der Waals surface area contributed by atoms with Gasteiger partial charge in [0.05, 0.1) is 5.52 Å². The molecule has 0 spiro atoms. The highest BCUT2D eigenvalue weighted by Crippen LogP contribution is 2.41. The maximum atomic E-state index is 5.80. The van der Waals surface area contributed by atoms with Crippen LogP contribution in [-0.2, 0) is 18.6 Å². The molecule has 3 rings (SSSR count). The van der Waals surface area contributed by atoms with E-state index in [9.17, 15) is 0 Å². The van der Waals surface area contributed by atoms with E-state index in [0.29, 0.717) is 5.95 Å². The SMILES string of the molecule is CCCc1nc2nc(N)[nH]c2c2c1CSC(C)(C)C2. The third-order valence-corrected chi connectivity index (χ3v) is 5.01. The number of anilines is 1. The Morgan fingerprint density at radius 3 is 2.84 bits per heavy atom. The van der Waals surface area contributed by atoms with Crippen molar-refractivity contribution >= 4 is 28.9 Å². The molecule has 1 aliphatic heterocycles. The molecule has 19 heavy (non-hydrogen) atoms. The van der Waals surface area contributed by atoms with Gasteiger partial charge in [0.25, 0.3) is 0 Å². The van der Waals surface area contributed by atoms with Crippen LogP contribution in [-0.4, -0.2) is 19.7 Å². The van der Waals surface area contributed by atoms with E-state index in [-0.39, 0.29) is 4.75 Å². The minimum Gasteiger partial charge on any atom is -0.369 e. The Kier molecular flexibility index (Phi) is 2.96. The number of thioether (sulfide) groups is 1. The second-order valence-electron chi connectivity index (χ2n) is 5.81. The lowest BCUT2D eigenvalue weighted by molar-refractivity contribution is 0.691. The van der Waals surface area contributed by atoms with Crippen LogP contribution in [0.2, 0.25) is 0 Å². The number of fused-ring (bicyclic) bond motifs is 3. The number of nitrogens with zero attached hydrogens (tertiary/aromatic N) is 2. The number of aromatic amines is 1. The van der Waals surface area contributed by atoms with Crippen molar-refractivity contribution in [3.05, 3.63) is 16.8 Å². The van der Waals surface area contributed by atoms with Crippen molar-refractivity contribution in [1.29, 1.82) is 0 Å². The molecule has 3 heterocycles. The summed E-state index contributed by atoms with van der Waals surface area (Å²) in [4.78, 5) is 12.2. The Morgan fingerprint density at radius 2 is 2.11 bits per heavy atom. The predicted molar refractivity (Wildman–Crippen MR) is 81.4 cm³/mol. The molecule has 4 nitrogen and oxygen atoms in total. The maximum Gasteiger partial charge on any atom is 0.200 e. The Hall–Kier alpha value is -1.23. The quantitative estimate of drug-likeness (QED) is 0.884. The third kappa shape index (κ3) is 2.20. The lowest BCUT2D eigenvalue weighted by Crippen LogP contribution is -2.25. The van der Waals surface area contributed by atoms with Crippen molar-refractivity contribution in [2.45, 2.75) is 50.5 Å². The van der Waals surface area contributed by atoms with Crippen LogP contribution >= 0.6 is 11.8 Å². The first-order valence-corrected chi connectivity index (χ1v) is 7.78. The number of aryl methyl sites for hydroxylation is 1. The highest BCUT2D eigenvalue weighted by molar-refractivity contribution is 7.99. The predicted octanol–water partition coefficient (Wildman–Crippen LogP) is 3.06. The van der Waals surface area contributed by atoms with Crippen LogP contribution in [0.5, 0.6) is 0 Å². The molecule has 0 amide bonds. The van der Waals surface area contributed by atoms with Crippen molar-refractivity contribution in [3.63, 3.8) is 0 Å². The van der Waals surface area contributed by atoms with Crippen LogP contribution in [0.4, 0.5) is 5.95 Å². The molecular formula is C14H20N4S. The van der Waals surface area contributed by atoms with Gasteiger partial charge < -0.3 is 10.7 Å². The molecule has 0 unspecified atom stereocenters. The molecule has 5 heteroatoms. The standard InChI is InChI=1S/C14H20N4S/c1-4-5-10-9-7-19-14(2,3)6-8(9)11-12(16-10)18-13(15)17-11/h4-7H2,1-3H3,(H3,15,16,17,18). The van der Waals surface area contributed by atoms with Gasteiger partial charge in [0.2, 0.25) is 0 Å². The fourth-order valence-corrected chi connectivity index (χ4v) is 3.87. The van der Waals surface area contributed by atoms with E-state index in [2.05, 4.69) is 30.7 Å². The van der Waals surface area contributed by atoms with Crippen LogP contribution in [0.15, 0.2) is 0 Å². The molecule has 1 aliphatic rings. The molecule has 102 valence electrons. The Balaban J connectivity index is 2.24. The molecule has 0 aromatic carbocycles. The van der Waals surface area contributed by atoms with Gasteiger partial charge in [0.15, 0.2) is 11.6 Å².